The van der Waals surface area contributed by atoms with Gasteiger partial charge in [-0.3, -0.25) is 9.69 Å². The van der Waals surface area contributed by atoms with E-state index in [1.165, 1.54) is 0 Å². The van der Waals surface area contributed by atoms with Gasteiger partial charge in [-0.2, -0.15) is 0 Å². The van der Waals surface area contributed by atoms with Gasteiger partial charge in [-0.15, -0.1) is 0 Å². The molecule has 7 heteroatoms. The van der Waals surface area contributed by atoms with Gasteiger partial charge in [-0.25, -0.2) is 9.78 Å². The monoisotopic (exact) mass is 244 g/mol. The fraction of sp³-hybridized carbons (Fsp3) is 0.364. The van der Waals surface area contributed by atoms with Crippen molar-refractivity contribution in [2.45, 2.75) is 18.8 Å². The number of nitrogen functional groups attached to an aromatic ring is 1. The number of pyridine rings is 1. The number of imide groups is 1. The van der Waals surface area contributed by atoms with Crippen LogP contribution in [-0.2, 0) is 11.2 Å². The number of β-lactam (4-membered cyclic amide) rings is 1. The number of rotatable bonds is 3. The van der Waals surface area contributed by atoms with Gasteiger partial charge >= 0.3 is 6.03 Å². The zero-order valence-electron chi connectivity index (χ0n) is 9.74. The van der Waals surface area contributed by atoms with E-state index in [0.29, 0.717) is 12.2 Å². The second-order valence-corrected chi connectivity index (χ2v) is 4.25. The molecule has 2 radical (unpaired) electrons. The van der Waals surface area contributed by atoms with Gasteiger partial charge in [0.15, 0.2) is 0 Å². The van der Waals surface area contributed by atoms with Crippen LogP contribution in [0.25, 0.3) is 0 Å². The predicted octanol–water partition coefficient (Wildman–Crippen LogP) is -0.301. The molecule has 2 heterocycles. The average Bonchev–Trinajstić information content (AvgIpc) is 2.32. The van der Waals surface area contributed by atoms with Crippen molar-refractivity contribution >= 4 is 25.6 Å². The van der Waals surface area contributed by atoms with Crippen LogP contribution in [0.15, 0.2) is 18.3 Å². The molecule has 1 aromatic heterocycles. The molecule has 1 aliphatic rings. The Hall–Kier alpha value is -2.05. The first-order chi connectivity index (χ1) is 8.54. The Morgan fingerprint density at radius 2 is 2.28 bits per heavy atom. The number of hydrogen-bond donors (Lipinski definition) is 2. The van der Waals surface area contributed by atoms with Crippen LogP contribution >= 0.6 is 0 Å². The lowest BCUT2D eigenvalue weighted by Crippen LogP contribution is -2.64. The highest BCUT2D eigenvalue weighted by Crippen LogP contribution is 2.31. The Kier molecular flexibility index (Phi) is 3.22. The molecule has 1 aromatic rings. The maximum Gasteiger partial charge on any atom is 0.321 e. The molecule has 2 atom stereocenters. The van der Waals surface area contributed by atoms with Crippen LogP contribution in [0, 0.1) is 5.92 Å². The van der Waals surface area contributed by atoms with Gasteiger partial charge in [0.25, 0.3) is 0 Å². The minimum Gasteiger partial charge on any atom is -0.384 e. The van der Waals surface area contributed by atoms with Crippen LogP contribution in [0.3, 0.4) is 0 Å². The summed E-state index contributed by atoms with van der Waals surface area (Å²) in [5.41, 5.74) is 11.6. The van der Waals surface area contributed by atoms with Gasteiger partial charge in [-0.05, 0) is 24.1 Å². The molecule has 4 N–H and O–H groups in total. The lowest BCUT2D eigenvalue weighted by atomic mass is 9.76. The van der Waals surface area contributed by atoms with Crippen molar-refractivity contribution in [3.05, 3.63) is 23.9 Å². The third-order valence-electron chi connectivity index (χ3n) is 3.13. The summed E-state index contributed by atoms with van der Waals surface area (Å²) in [7, 11) is 5.56. The van der Waals surface area contributed by atoms with Crippen molar-refractivity contribution in [2.75, 3.05) is 5.73 Å². The number of aromatic nitrogens is 1. The fourth-order valence-electron chi connectivity index (χ4n) is 2.24. The molecular formula is C11H13BN4O2. The minimum atomic E-state index is -0.749. The van der Waals surface area contributed by atoms with Crippen molar-refractivity contribution in [1.29, 1.82) is 0 Å². The van der Waals surface area contributed by atoms with Crippen LogP contribution < -0.4 is 11.5 Å². The standard InChI is InChI=1S/C11H13BN4O2/c12-5-8-7(10(17)16(8)11(14)18)3-6-1-2-15-9(13)4-6/h1-2,4,7-8H,3,5H2,(H2,13,15)(H2,14,18)/t7-,8?/m1/s1. The van der Waals surface area contributed by atoms with E-state index in [4.69, 9.17) is 19.3 Å². The smallest absolute Gasteiger partial charge is 0.321 e. The molecule has 1 unspecified atom stereocenters. The Bertz CT molecular complexity index is 494. The normalized spacial score (nSPS) is 22.7. The predicted molar refractivity (Wildman–Crippen MR) is 66.6 cm³/mol. The molecule has 1 fully saturated rings. The van der Waals surface area contributed by atoms with E-state index in [9.17, 15) is 9.59 Å². The molecule has 3 amide bonds. The first kappa shape index (κ1) is 12.4. The van der Waals surface area contributed by atoms with E-state index >= 15 is 0 Å². The number of anilines is 1. The van der Waals surface area contributed by atoms with E-state index in [0.717, 1.165) is 10.5 Å². The van der Waals surface area contributed by atoms with E-state index < -0.39 is 6.03 Å². The number of carbonyl (C=O) groups is 2. The van der Waals surface area contributed by atoms with E-state index in [-0.39, 0.29) is 24.2 Å². The van der Waals surface area contributed by atoms with Crippen molar-refractivity contribution in [3.63, 3.8) is 0 Å². The summed E-state index contributed by atoms with van der Waals surface area (Å²) in [5, 5.41) is 0. The summed E-state index contributed by atoms with van der Waals surface area (Å²) in [4.78, 5) is 27.7. The zero-order valence-corrected chi connectivity index (χ0v) is 9.74. The third-order valence-corrected chi connectivity index (χ3v) is 3.13. The van der Waals surface area contributed by atoms with Gasteiger partial charge in [0.05, 0.1) is 13.8 Å². The summed E-state index contributed by atoms with van der Waals surface area (Å²) >= 11 is 0. The quantitative estimate of drug-likeness (QED) is 0.562. The topological polar surface area (TPSA) is 102 Å². The van der Waals surface area contributed by atoms with Gasteiger partial charge in [0.2, 0.25) is 5.91 Å². The SMILES string of the molecule is [B]CC1[C@@H](Cc2ccnc(N)c2)C(=O)N1C(N)=O. The summed E-state index contributed by atoms with van der Waals surface area (Å²) in [5.74, 6) is -0.201. The molecule has 0 saturated carbocycles. The molecule has 1 aliphatic heterocycles. The molecule has 0 aliphatic carbocycles. The van der Waals surface area contributed by atoms with Crippen LogP contribution in [0.5, 0.6) is 0 Å². The maximum absolute atomic E-state index is 11.8. The van der Waals surface area contributed by atoms with Crippen molar-refractivity contribution in [1.82, 2.24) is 9.88 Å². The van der Waals surface area contributed by atoms with Gasteiger partial charge in [0, 0.05) is 12.2 Å². The molecule has 6 nitrogen and oxygen atoms in total. The lowest BCUT2D eigenvalue weighted by Gasteiger charge is -2.44. The van der Waals surface area contributed by atoms with Gasteiger partial charge < -0.3 is 11.5 Å². The lowest BCUT2D eigenvalue weighted by molar-refractivity contribution is -0.148. The zero-order chi connectivity index (χ0) is 13.3. The summed E-state index contributed by atoms with van der Waals surface area (Å²) in [6, 6.07) is 2.41. The Morgan fingerprint density at radius 3 is 2.83 bits per heavy atom. The molecule has 0 aromatic carbocycles. The number of primary amides is 1. The molecule has 0 bridgehead atoms. The first-order valence-corrected chi connectivity index (χ1v) is 5.57. The molecule has 0 spiro atoms. The average molecular weight is 244 g/mol. The van der Waals surface area contributed by atoms with Gasteiger partial charge in [0.1, 0.15) is 5.82 Å². The highest BCUT2D eigenvalue weighted by molar-refractivity contribution is 6.11. The molecule has 18 heavy (non-hydrogen) atoms. The molecule has 92 valence electrons. The van der Waals surface area contributed by atoms with Crippen molar-refractivity contribution in [2.24, 2.45) is 11.7 Å². The second-order valence-electron chi connectivity index (χ2n) is 4.25. The second kappa shape index (κ2) is 4.68. The van der Waals surface area contributed by atoms with Gasteiger partial charge in [-0.1, -0.05) is 6.32 Å². The maximum atomic E-state index is 11.8. The fourth-order valence-corrected chi connectivity index (χ4v) is 2.24. The number of carbonyl (C=O) groups excluding carboxylic acids is 2. The van der Waals surface area contributed by atoms with Crippen molar-refractivity contribution in [3.8, 4) is 0 Å². The number of hydrogen-bond acceptors (Lipinski definition) is 4. The molecule has 1 saturated heterocycles. The van der Waals surface area contributed by atoms with Crippen LogP contribution in [0.2, 0.25) is 6.32 Å². The number of urea groups is 1. The number of amides is 3. The highest BCUT2D eigenvalue weighted by atomic mass is 16.2. The minimum absolute atomic E-state index is 0.208. The highest BCUT2D eigenvalue weighted by Gasteiger charge is 2.48. The van der Waals surface area contributed by atoms with E-state index in [2.05, 4.69) is 4.98 Å². The summed E-state index contributed by atoms with van der Waals surface area (Å²) in [6.07, 6.45) is 2.27. The first-order valence-electron chi connectivity index (χ1n) is 5.57. The number of likely N-dealkylation sites (tertiary alicyclic amines) is 1. The van der Waals surface area contributed by atoms with E-state index in [1.807, 2.05) is 0 Å². The summed E-state index contributed by atoms with van der Waals surface area (Å²) in [6.45, 7) is 0. The third kappa shape index (κ3) is 2.03. The largest absolute Gasteiger partial charge is 0.384 e. The Labute approximate surface area is 106 Å². The van der Waals surface area contributed by atoms with E-state index in [1.54, 1.807) is 18.3 Å². The van der Waals surface area contributed by atoms with Crippen LogP contribution in [-0.4, -0.2) is 35.7 Å². The Balaban J connectivity index is 2.11. The number of nitrogens with zero attached hydrogens (tertiary/aromatic N) is 2. The Morgan fingerprint density at radius 1 is 1.56 bits per heavy atom. The molecule has 2 rings (SSSR count). The number of nitrogens with two attached hydrogens (primary N) is 2. The van der Waals surface area contributed by atoms with Crippen molar-refractivity contribution < 1.29 is 9.59 Å². The van der Waals surface area contributed by atoms with Crippen LogP contribution in [0.4, 0.5) is 10.6 Å². The molecular weight excluding hydrogens is 231 g/mol. The van der Waals surface area contributed by atoms with Crippen LogP contribution in [0.1, 0.15) is 5.56 Å². The summed E-state index contributed by atoms with van der Waals surface area (Å²) < 4.78 is 0.